The average molecular weight is 566 g/mol. The molecule has 0 fully saturated rings. The van der Waals surface area contributed by atoms with Crippen LogP contribution in [0.3, 0.4) is 0 Å². The van der Waals surface area contributed by atoms with Gasteiger partial charge in [-0.1, -0.05) is 30.7 Å². The zero-order chi connectivity index (χ0) is 22.1. The van der Waals surface area contributed by atoms with Crippen LogP contribution in [0.2, 0.25) is 0 Å². The average Bonchev–Trinajstić information content (AvgIpc) is 2.96. The number of benzene rings is 1. The summed E-state index contributed by atoms with van der Waals surface area (Å²) >= 11 is 0. The highest BCUT2D eigenvalue weighted by atomic mass is 127. The van der Waals surface area contributed by atoms with Crippen LogP contribution < -0.4 is 10.6 Å². The molecular weight excluding hydrogens is 536 g/mol. The fourth-order valence-corrected chi connectivity index (χ4v) is 3.38. The zero-order valence-electron chi connectivity index (χ0n) is 18.1. The number of hydrogen-bond acceptors (Lipinski definition) is 4. The minimum absolute atomic E-state index is 0. The number of halogens is 4. The van der Waals surface area contributed by atoms with Crippen LogP contribution in [0.5, 0.6) is 0 Å². The highest BCUT2D eigenvalue weighted by Gasteiger charge is 2.27. The molecule has 2 heterocycles. The molecule has 0 saturated heterocycles. The summed E-state index contributed by atoms with van der Waals surface area (Å²) in [5.41, 5.74) is 1.64. The quantitative estimate of drug-likeness (QED) is 0.288. The molecule has 1 aliphatic heterocycles. The van der Waals surface area contributed by atoms with E-state index in [0.29, 0.717) is 24.6 Å². The number of ether oxygens (including phenoxy) is 1. The van der Waals surface area contributed by atoms with E-state index in [-0.39, 0.29) is 30.6 Å². The normalized spacial score (nSPS) is 14.3. The molecule has 11 heteroatoms. The van der Waals surface area contributed by atoms with Crippen molar-refractivity contribution in [3.05, 3.63) is 47.0 Å². The third-order valence-electron chi connectivity index (χ3n) is 4.92. The van der Waals surface area contributed by atoms with E-state index in [1.165, 1.54) is 6.42 Å². The second-order valence-electron chi connectivity index (χ2n) is 7.47. The molecule has 0 aliphatic carbocycles. The van der Waals surface area contributed by atoms with E-state index in [2.05, 4.69) is 35.1 Å². The number of aromatic nitrogens is 3. The molecule has 0 saturated carbocycles. The van der Waals surface area contributed by atoms with Crippen molar-refractivity contribution in [1.82, 2.24) is 25.4 Å². The van der Waals surface area contributed by atoms with Gasteiger partial charge in [0.25, 0.3) is 0 Å². The molecule has 0 unspecified atom stereocenters. The van der Waals surface area contributed by atoms with E-state index >= 15 is 0 Å². The highest BCUT2D eigenvalue weighted by molar-refractivity contribution is 14.0. The van der Waals surface area contributed by atoms with E-state index in [4.69, 9.17) is 0 Å². The van der Waals surface area contributed by atoms with Gasteiger partial charge in [0.1, 0.15) is 12.4 Å². The molecular formula is C21H30F3IN6O. The molecule has 0 amide bonds. The molecule has 178 valence electrons. The Hall–Kier alpha value is -1.89. The Balaban J connectivity index is 0.00000363. The molecule has 32 heavy (non-hydrogen) atoms. The van der Waals surface area contributed by atoms with Crippen molar-refractivity contribution in [2.75, 3.05) is 13.2 Å². The first kappa shape index (κ1) is 26.4. The number of rotatable bonds is 8. The first-order valence-corrected chi connectivity index (χ1v) is 10.6. The maximum absolute atomic E-state index is 12.2. The number of aliphatic imine (C=N–C) groups is 1. The Kier molecular flexibility index (Phi) is 10.7. The first-order valence-electron chi connectivity index (χ1n) is 10.6. The molecule has 3 rings (SSSR count). The lowest BCUT2D eigenvalue weighted by Gasteiger charge is -2.12. The highest BCUT2D eigenvalue weighted by Crippen LogP contribution is 2.16. The van der Waals surface area contributed by atoms with Crippen molar-refractivity contribution in [3.8, 4) is 0 Å². The van der Waals surface area contributed by atoms with Gasteiger partial charge in [-0.2, -0.15) is 13.2 Å². The van der Waals surface area contributed by atoms with Crippen LogP contribution in [-0.2, 0) is 37.4 Å². The SMILES string of the molecule is CCNC(=NCc1ccc(COCC(F)(F)F)cc1)NCc1nnc2n1CCCCC2.I. The molecule has 0 atom stereocenters. The summed E-state index contributed by atoms with van der Waals surface area (Å²) in [5, 5.41) is 15.2. The van der Waals surface area contributed by atoms with Crippen LogP contribution in [0.15, 0.2) is 29.3 Å². The Morgan fingerprint density at radius 3 is 2.56 bits per heavy atom. The van der Waals surface area contributed by atoms with Crippen LogP contribution in [0.25, 0.3) is 0 Å². The van der Waals surface area contributed by atoms with Gasteiger partial charge in [-0.3, -0.25) is 0 Å². The fraction of sp³-hybridized carbons (Fsp3) is 0.571. The van der Waals surface area contributed by atoms with Crippen molar-refractivity contribution < 1.29 is 17.9 Å². The van der Waals surface area contributed by atoms with Crippen LogP contribution >= 0.6 is 24.0 Å². The maximum atomic E-state index is 12.2. The summed E-state index contributed by atoms with van der Waals surface area (Å²) in [6.07, 6.45) is 0.174. The summed E-state index contributed by atoms with van der Waals surface area (Å²) in [4.78, 5) is 4.59. The van der Waals surface area contributed by atoms with Gasteiger partial charge in [-0.25, -0.2) is 4.99 Å². The number of hydrogen-bond donors (Lipinski definition) is 2. The summed E-state index contributed by atoms with van der Waals surface area (Å²) < 4.78 is 43.3. The zero-order valence-corrected chi connectivity index (χ0v) is 20.5. The van der Waals surface area contributed by atoms with Crippen LogP contribution in [0, 0.1) is 0 Å². The molecule has 1 aromatic carbocycles. The number of nitrogens with zero attached hydrogens (tertiary/aromatic N) is 4. The maximum Gasteiger partial charge on any atom is 0.411 e. The van der Waals surface area contributed by atoms with Gasteiger partial charge in [0.15, 0.2) is 11.8 Å². The smallest absolute Gasteiger partial charge is 0.367 e. The fourth-order valence-electron chi connectivity index (χ4n) is 3.38. The van der Waals surface area contributed by atoms with Crippen LogP contribution in [-0.4, -0.2) is 40.1 Å². The van der Waals surface area contributed by atoms with Gasteiger partial charge in [0.05, 0.1) is 19.7 Å². The lowest BCUT2D eigenvalue weighted by atomic mass is 10.1. The molecule has 0 spiro atoms. The van der Waals surface area contributed by atoms with Gasteiger partial charge in [0.2, 0.25) is 0 Å². The summed E-state index contributed by atoms with van der Waals surface area (Å²) in [6, 6.07) is 7.20. The molecule has 2 aromatic rings. The minimum Gasteiger partial charge on any atom is -0.367 e. The van der Waals surface area contributed by atoms with Crippen molar-refractivity contribution >= 4 is 29.9 Å². The van der Waals surface area contributed by atoms with Crippen molar-refractivity contribution in [2.45, 2.75) is 65.0 Å². The van der Waals surface area contributed by atoms with Crippen molar-refractivity contribution in [2.24, 2.45) is 4.99 Å². The van der Waals surface area contributed by atoms with Crippen molar-refractivity contribution in [1.29, 1.82) is 0 Å². The van der Waals surface area contributed by atoms with Crippen LogP contribution in [0.4, 0.5) is 13.2 Å². The Bertz CT molecular complexity index is 854. The molecule has 0 radical (unpaired) electrons. The Morgan fingerprint density at radius 1 is 1.09 bits per heavy atom. The molecule has 0 bridgehead atoms. The summed E-state index contributed by atoms with van der Waals surface area (Å²) in [5.74, 6) is 2.63. The lowest BCUT2D eigenvalue weighted by molar-refractivity contribution is -0.176. The minimum atomic E-state index is -4.31. The summed E-state index contributed by atoms with van der Waals surface area (Å²) in [7, 11) is 0. The van der Waals surface area contributed by atoms with Gasteiger partial charge < -0.3 is 19.9 Å². The van der Waals surface area contributed by atoms with E-state index in [9.17, 15) is 13.2 Å². The predicted molar refractivity (Wildman–Crippen MR) is 127 cm³/mol. The Morgan fingerprint density at radius 2 is 1.84 bits per heavy atom. The van der Waals surface area contributed by atoms with E-state index < -0.39 is 12.8 Å². The second kappa shape index (κ2) is 13.0. The van der Waals surface area contributed by atoms with Gasteiger partial charge >= 0.3 is 6.18 Å². The lowest BCUT2D eigenvalue weighted by Crippen LogP contribution is -2.37. The van der Waals surface area contributed by atoms with E-state index in [1.807, 2.05) is 19.1 Å². The first-order chi connectivity index (χ1) is 14.9. The third kappa shape index (κ3) is 8.57. The number of fused-ring (bicyclic) bond motifs is 1. The number of aryl methyl sites for hydroxylation is 1. The van der Waals surface area contributed by atoms with Gasteiger partial charge in [0, 0.05) is 19.5 Å². The molecule has 1 aromatic heterocycles. The topological polar surface area (TPSA) is 76.4 Å². The van der Waals surface area contributed by atoms with E-state index in [1.54, 1.807) is 12.1 Å². The predicted octanol–water partition coefficient (Wildman–Crippen LogP) is 3.96. The van der Waals surface area contributed by atoms with Crippen molar-refractivity contribution in [3.63, 3.8) is 0 Å². The number of nitrogens with one attached hydrogen (secondary N) is 2. The largest absolute Gasteiger partial charge is 0.411 e. The van der Waals surface area contributed by atoms with E-state index in [0.717, 1.165) is 49.6 Å². The summed E-state index contributed by atoms with van der Waals surface area (Å²) in [6.45, 7) is 3.33. The molecule has 2 N–H and O–H groups in total. The molecule has 1 aliphatic rings. The van der Waals surface area contributed by atoms with Gasteiger partial charge in [-0.05, 0) is 30.9 Å². The second-order valence-corrected chi connectivity index (χ2v) is 7.47. The molecule has 7 nitrogen and oxygen atoms in total. The number of alkyl halides is 3. The van der Waals surface area contributed by atoms with Crippen LogP contribution in [0.1, 0.15) is 49.0 Å². The number of guanidine groups is 1. The third-order valence-corrected chi connectivity index (χ3v) is 4.92. The standard InChI is InChI=1S/C21H29F3N6O.HI/c1-2-25-20(27-13-19-29-28-18-6-4-3-5-11-30(18)19)26-12-16-7-9-17(10-8-16)14-31-15-21(22,23)24;/h7-10H,2-6,11-15H2,1H3,(H2,25,26,27);1H. The Labute approximate surface area is 203 Å². The monoisotopic (exact) mass is 566 g/mol. The van der Waals surface area contributed by atoms with Gasteiger partial charge in [-0.15, -0.1) is 34.2 Å².